The first-order valence-corrected chi connectivity index (χ1v) is 6.65. The number of thiophene rings is 1. The molecule has 3 rings (SSSR count). The Hall–Kier alpha value is -1.19. The summed E-state index contributed by atoms with van der Waals surface area (Å²) in [5.41, 5.74) is 2.55. The highest BCUT2D eigenvalue weighted by Crippen LogP contribution is 2.33. The Labute approximate surface area is 104 Å². The maximum absolute atomic E-state index is 12.9. The highest BCUT2D eigenvalue weighted by atomic mass is 32.1. The van der Waals surface area contributed by atoms with Crippen molar-refractivity contribution in [2.45, 2.75) is 25.9 Å². The van der Waals surface area contributed by atoms with Gasteiger partial charge in [0.05, 0.1) is 0 Å². The zero-order chi connectivity index (χ0) is 11.8. The molecule has 1 aliphatic heterocycles. The third-order valence-corrected chi connectivity index (χ3v) is 4.39. The van der Waals surface area contributed by atoms with E-state index in [1.807, 2.05) is 23.5 Å². The van der Waals surface area contributed by atoms with Crippen molar-refractivity contribution < 1.29 is 4.39 Å². The fraction of sp³-hybridized carbons (Fsp3) is 0.286. The molecule has 1 N–H and O–H groups in total. The molecule has 0 spiro atoms. The lowest BCUT2D eigenvalue weighted by atomic mass is 10.0. The molecule has 0 saturated carbocycles. The van der Waals surface area contributed by atoms with Crippen LogP contribution < -0.4 is 5.32 Å². The molecule has 1 aliphatic rings. The van der Waals surface area contributed by atoms with Crippen molar-refractivity contribution in [3.63, 3.8) is 0 Å². The molecule has 17 heavy (non-hydrogen) atoms. The summed E-state index contributed by atoms with van der Waals surface area (Å²) in [5.74, 6) is -0.176. The van der Waals surface area contributed by atoms with Crippen molar-refractivity contribution in [1.82, 2.24) is 5.32 Å². The SMILES string of the molecule is CC1Cc2cc(-c3ccc(F)cc3)sc2CN1. The van der Waals surface area contributed by atoms with E-state index in [0.29, 0.717) is 6.04 Å². The van der Waals surface area contributed by atoms with E-state index in [9.17, 15) is 4.39 Å². The van der Waals surface area contributed by atoms with E-state index in [0.717, 1.165) is 18.5 Å². The Kier molecular flexibility index (Phi) is 2.73. The van der Waals surface area contributed by atoms with Crippen LogP contribution in [0, 0.1) is 5.82 Å². The Morgan fingerprint density at radius 2 is 2.06 bits per heavy atom. The molecule has 0 saturated heterocycles. The molecule has 1 aromatic carbocycles. The van der Waals surface area contributed by atoms with Gasteiger partial charge < -0.3 is 5.32 Å². The van der Waals surface area contributed by atoms with E-state index >= 15 is 0 Å². The number of hydrogen-bond donors (Lipinski definition) is 1. The van der Waals surface area contributed by atoms with Gasteiger partial charge in [0.2, 0.25) is 0 Å². The van der Waals surface area contributed by atoms with Crippen molar-refractivity contribution in [3.05, 3.63) is 46.6 Å². The first kappa shape index (κ1) is 10.9. The lowest BCUT2D eigenvalue weighted by molar-refractivity contribution is 0.520. The maximum atomic E-state index is 12.9. The van der Waals surface area contributed by atoms with E-state index in [2.05, 4.69) is 18.3 Å². The average molecular weight is 247 g/mol. The van der Waals surface area contributed by atoms with Gasteiger partial charge >= 0.3 is 0 Å². The number of nitrogens with one attached hydrogen (secondary N) is 1. The second kappa shape index (κ2) is 4.24. The summed E-state index contributed by atoms with van der Waals surface area (Å²) in [5, 5.41) is 3.46. The van der Waals surface area contributed by atoms with Gasteiger partial charge in [-0.25, -0.2) is 4.39 Å². The van der Waals surface area contributed by atoms with Crippen LogP contribution in [0.5, 0.6) is 0 Å². The molecule has 1 nitrogen and oxygen atoms in total. The van der Waals surface area contributed by atoms with Crippen molar-refractivity contribution >= 4 is 11.3 Å². The van der Waals surface area contributed by atoms with Crippen LogP contribution >= 0.6 is 11.3 Å². The molecule has 2 aromatic rings. The first-order valence-electron chi connectivity index (χ1n) is 5.83. The van der Waals surface area contributed by atoms with Crippen LogP contribution in [-0.2, 0) is 13.0 Å². The third kappa shape index (κ3) is 2.13. The Bertz CT molecular complexity index is 530. The van der Waals surface area contributed by atoms with Crippen molar-refractivity contribution in [2.75, 3.05) is 0 Å². The van der Waals surface area contributed by atoms with Gasteiger partial charge in [0.25, 0.3) is 0 Å². The van der Waals surface area contributed by atoms with Crippen LogP contribution in [0.3, 0.4) is 0 Å². The third-order valence-electron chi connectivity index (χ3n) is 3.16. The van der Waals surface area contributed by atoms with Crippen LogP contribution in [0.15, 0.2) is 30.3 Å². The monoisotopic (exact) mass is 247 g/mol. The van der Waals surface area contributed by atoms with Gasteiger partial charge in [0.15, 0.2) is 0 Å². The van der Waals surface area contributed by atoms with Gasteiger partial charge in [-0.15, -0.1) is 11.3 Å². The summed E-state index contributed by atoms with van der Waals surface area (Å²) in [6, 6.07) is 9.56. The van der Waals surface area contributed by atoms with E-state index < -0.39 is 0 Å². The Morgan fingerprint density at radius 3 is 2.82 bits per heavy atom. The summed E-state index contributed by atoms with van der Waals surface area (Å²) >= 11 is 1.81. The summed E-state index contributed by atoms with van der Waals surface area (Å²) in [7, 11) is 0. The van der Waals surface area contributed by atoms with E-state index in [4.69, 9.17) is 0 Å². The Balaban J connectivity index is 1.97. The van der Waals surface area contributed by atoms with Gasteiger partial charge in [-0.05, 0) is 42.7 Å². The standard InChI is InChI=1S/C14H14FNS/c1-9-6-11-7-13(17-14(11)8-16-9)10-2-4-12(15)5-3-10/h2-5,7,9,16H,6,8H2,1H3. The van der Waals surface area contributed by atoms with Crippen LogP contribution in [0.25, 0.3) is 10.4 Å². The normalized spacial score (nSPS) is 19.1. The topological polar surface area (TPSA) is 12.0 Å². The fourth-order valence-electron chi connectivity index (χ4n) is 2.21. The van der Waals surface area contributed by atoms with Gasteiger partial charge in [-0.3, -0.25) is 0 Å². The largest absolute Gasteiger partial charge is 0.309 e. The number of rotatable bonds is 1. The zero-order valence-corrected chi connectivity index (χ0v) is 10.5. The van der Waals surface area contributed by atoms with Gasteiger partial charge in [0, 0.05) is 22.3 Å². The number of halogens is 1. The second-order valence-electron chi connectivity index (χ2n) is 4.55. The molecule has 0 bridgehead atoms. The zero-order valence-electron chi connectivity index (χ0n) is 9.66. The molecular formula is C14H14FNS. The fourth-order valence-corrected chi connectivity index (χ4v) is 3.36. The number of hydrogen-bond acceptors (Lipinski definition) is 2. The van der Waals surface area contributed by atoms with E-state index in [1.54, 1.807) is 0 Å². The maximum Gasteiger partial charge on any atom is 0.123 e. The molecule has 3 heteroatoms. The quantitative estimate of drug-likeness (QED) is 0.812. The van der Waals surface area contributed by atoms with Gasteiger partial charge in [-0.2, -0.15) is 0 Å². The molecule has 1 aromatic heterocycles. The molecule has 88 valence electrons. The molecular weight excluding hydrogens is 233 g/mol. The highest BCUT2D eigenvalue weighted by molar-refractivity contribution is 7.15. The molecule has 0 aliphatic carbocycles. The molecule has 0 fully saturated rings. The summed E-state index contributed by atoms with van der Waals surface area (Å²) < 4.78 is 12.9. The summed E-state index contributed by atoms with van der Waals surface area (Å²) in [4.78, 5) is 2.66. The summed E-state index contributed by atoms with van der Waals surface area (Å²) in [6.45, 7) is 3.17. The average Bonchev–Trinajstić information content (AvgIpc) is 2.72. The molecule has 0 amide bonds. The lowest BCUT2D eigenvalue weighted by Gasteiger charge is -2.19. The Morgan fingerprint density at radius 1 is 1.29 bits per heavy atom. The van der Waals surface area contributed by atoms with Crippen LogP contribution in [-0.4, -0.2) is 6.04 Å². The number of benzene rings is 1. The predicted molar refractivity (Wildman–Crippen MR) is 69.7 cm³/mol. The van der Waals surface area contributed by atoms with Crippen LogP contribution in [0.1, 0.15) is 17.4 Å². The van der Waals surface area contributed by atoms with Crippen LogP contribution in [0.4, 0.5) is 4.39 Å². The molecule has 2 heterocycles. The van der Waals surface area contributed by atoms with Gasteiger partial charge in [0.1, 0.15) is 5.82 Å². The minimum atomic E-state index is -0.176. The minimum absolute atomic E-state index is 0.176. The van der Waals surface area contributed by atoms with Gasteiger partial charge in [-0.1, -0.05) is 12.1 Å². The summed E-state index contributed by atoms with van der Waals surface area (Å²) in [6.07, 6.45) is 1.09. The van der Waals surface area contributed by atoms with Crippen molar-refractivity contribution in [1.29, 1.82) is 0 Å². The predicted octanol–water partition coefficient (Wildman–Crippen LogP) is 3.59. The van der Waals surface area contributed by atoms with E-state index in [1.165, 1.54) is 27.5 Å². The molecule has 1 unspecified atom stereocenters. The number of fused-ring (bicyclic) bond motifs is 1. The smallest absolute Gasteiger partial charge is 0.123 e. The minimum Gasteiger partial charge on any atom is -0.309 e. The lowest BCUT2D eigenvalue weighted by Crippen LogP contribution is -2.31. The molecule has 0 radical (unpaired) electrons. The van der Waals surface area contributed by atoms with Crippen molar-refractivity contribution in [2.24, 2.45) is 0 Å². The van der Waals surface area contributed by atoms with Crippen molar-refractivity contribution in [3.8, 4) is 10.4 Å². The highest BCUT2D eigenvalue weighted by Gasteiger charge is 2.17. The van der Waals surface area contributed by atoms with Crippen LogP contribution in [0.2, 0.25) is 0 Å². The molecule has 1 atom stereocenters. The first-order chi connectivity index (χ1) is 8.22. The van der Waals surface area contributed by atoms with E-state index in [-0.39, 0.29) is 5.82 Å². The second-order valence-corrected chi connectivity index (χ2v) is 5.69.